The van der Waals surface area contributed by atoms with Gasteiger partial charge in [-0.2, -0.15) is 0 Å². The van der Waals surface area contributed by atoms with E-state index in [0.717, 1.165) is 24.2 Å². The van der Waals surface area contributed by atoms with Gasteiger partial charge in [0.2, 0.25) is 15.9 Å². The molecule has 6 nitrogen and oxygen atoms in total. The van der Waals surface area contributed by atoms with Gasteiger partial charge in [-0.05, 0) is 37.3 Å². The van der Waals surface area contributed by atoms with Crippen molar-refractivity contribution >= 4 is 27.3 Å². The first kappa shape index (κ1) is 19.2. The van der Waals surface area contributed by atoms with Crippen molar-refractivity contribution in [2.24, 2.45) is 5.92 Å². The van der Waals surface area contributed by atoms with Crippen LogP contribution in [-0.2, 0) is 14.8 Å². The third kappa shape index (κ3) is 4.20. The first-order valence-corrected chi connectivity index (χ1v) is 11.1. The molecule has 1 saturated heterocycles. The van der Waals surface area contributed by atoms with E-state index < -0.39 is 10.0 Å². The Labute approximate surface area is 156 Å². The molecule has 144 valence electrons. The van der Waals surface area contributed by atoms with Gasteiger partial charge in [0.05, 0.1) is 17.1 Å². The van der Waals surface area contributed by atoms with Crippen LogP contribution in [0.4, 0.5) is 11.4 Å². The molecule has 2 aliphatic heterocycles. The van der Waals surface area contributed by atoms with Crippen LogP contribution in [-0.4, -0.2) is 50.1 Å². The van der Waals surface area contributed by atoms with E-state index in [1.165, 1.54) is 0 Å². The fourth-order valence-corrected chi connectivity index (χ4v) is 5.20. The van der Waals surface area contributed by atoms with Crippen LogP contribution >= 0.6 is 0 Å². The van der Waals surface area contributed by atoms with E-state index in [9.17, 15) is 13.2 Å². The molecule has 2 aliphatic rings. The molecular formula is C19H29N3O3S. The molecule has 2 heterocycles. The highest BCUT2D eigenvalue weighted by atomic mass is 32.2. The van der Waals surface area contributed by atoms with Gasteiger partial charge in [-0.15, -0.1) is 0 Å². The van der Waals surface area contributed by atoms with Crippen molar-refractivity contribution in [2.75, 3.05) is 35.6 Å². The lowest BCUT2D eigenvalue weighted by molar-refractivity contribution is -0.118. The van der Waals surface area contributed by atoms with Crippen LogP contribution in [0.15, 0.2) is 24.3 Å². The van der Waals surface area contributed by atoms with E-state index in [0.29, 0.717) is 32.0 Å². The molecule has 26 heavy (non-hydrogen) atoms. The lowest BCUT2D eigenvalue weighted by atomic mass is 9.99. The Morgan fingerprint density at radius 2 is 1.92 bits per heavy atom. The van der Waals surface area contributed by atoms with Crippen molar-refractivity contribution in [1.82, 2.24) is 4.31 Å². The Balaban J connectivity index is 1.63. The molecule has 0 aliphatic carbocycles. The van der Waals surface area contributed by atoms with Crippen molar-refractivity contribution in [2.45, 2.75) is 45.6 Å². The normalized spacial score (nSPS) is 20.9. The minimum absolute atomic E-state index is 0.00113. The van der Waals surface area contributed by atoms with E-state index in [1.807, 2.05) is 29.2 Å². The summed E-state index contributed by atoms with van der Waals surface area (Å²) in [6.07, 6.45) is 2.50. The van der Waals surface area contributed by atoms with Gasteiger partial charge in [0.15, 0.2) is 0 Å². The predicted molar refractivity (Wildman–Crippen MR) is 105 cm³/mol. The highest BCUT2D eigenvalue weighted by Crippen LogP contribution is 2.32. The van der Waals surface area contributed by atoms with Crippen molar-refractivity contribution in [3.05, 3.63) is 24.3 Å². The fraction of sp³-hybridized carbons (Fsp3) is 0.632. The van der Waals surface area contributed by atoms with E-state index in [-0.39, 0.29) is 24.1 Å². The van der Waals surface area contributed by atoms with Gasteiger partial charge in [0.1, 0.15) is 0 Å². The lowest BCUT2D eigenvalue weighted by Crippen LogP contribution is -2.47. The van der Waals surface area contributed by atoms with Gasteiger partial charge in [-0.1, -0.05) is 26.0 Å². The first-order chi connectivity index (χ1) is 12.4. The van der Waals surface area contributed by atoms with E-state index in [1.54, 1.807) is 4.31 Å². The number of amides is 1. The highest BCUT2D eigenvalue weighted by Gasteiger charge is 2.30. The lowest BCUT2D eigenvalue weighted by Gasteiger charge is -2.37. The molecule has 0 spiro atoms. The van der Waals surface area contributed by atoms with Gasteiger partial charge in [-0.25, -0.2) is 12.7 Å². The number of nitrogens with zero attached hydrogens (tertiary/aromatic N) is 2. The van der Waals surface area contributed by atoms with E-state index in [2.05, 4.69) is 19.2 Å². The fourth-order valence-electron chi connectivity index (χ4n) is 3.62. The number of hydrogen-bond donors (Lipinski definition) is 1. The second-order valence-corrected chi connectivity index (χ2v) is 9.63. The van der Waals surface area contributed by atoms with E-state index in [4.69, 9.17) is 0 Å². The summed E-state index contributed by atoms with van der Waals surface area (Å²) in [5, 5.41) is 3.50. The van der Waals surface area contributed by atoms with Crippen molar-refractivity contribution < 1.29 is 13.2 Å². The Bertz CT molecular complexity index is 742. The number of carbonyl (C=O) groups excluding carboxylic acids is 1. The summed E-state index contributed by atoms with van der Waals surface area (Å²) < 4.78 is 26.2. The second-order valence-electron chi connectivity index (χ2n) is 7.54. The summed E-state index contributed by atoms with van der Waals surface area (Å²) in [4.78, 5) is 14.6. The zero-order valence-corrected chi connectivity index (χ0v) is 16.5. The average molecular weight is 380 g/mol. The zero-order valence-electron chi connectivity index (χ0n) is 15.6. The monoisotopic (exact) mass is 379 g/mol. The summed E-state index contributed by atoms with van der Waals surface area (Å²) >= 11 is 0. The zero-order chi connectivity index (χ0) is 18.7. The van der Waals surface area contributed by atoms with Crippen LogP contribution in [0.1, 0.15) is 39.5 Å². The number of nitrogens with one attached hydrogen (secondary N) is 1. The quantitative estimate of drug-likeness (QED) is 0.825. The molecule has 0 bridgehead atoms. The molecule has 1 aromatic carbocycles. The minimum atomic E-state index is -3.22. The Kier molecular flexibility index (Phi) is 5.87. The summed E-state index contributed by atoms with van der Waals surface area (Å²) in [5.74, 6) is 0.454. The molecule has 1 unspecified atom stereocenters. The first-order valence-electron chi connectivity index (χ1n) is 9.52. The van der Waals surface area contributed by atoms with Crippen LogP contribution in [0.2, 0.25) is 0 Å². The number of rotatable bonds is 6. The minimum Gasteiger partial charge on any atom is -0.379 e. The summed E-state index contributed by atoms with van der Waals surface area (Å²) in [7, 11) is -3.22. The molecule has 1 aromatic rings. The van der Waals surface area contributed by atoms with Crippen molar-refractivity contribution in [3.63, 3.8) is 0 Å². The topological polar surface area (TPSA) is 69.7 Å². The molecule has 1 N–H and O–H groups in total. The average Bonchev–Trinajstić information content (AvgIpc) is 3.16. The standard InChI is InChI=1S/C19H29N3O3S/c1-15(2)17-14-22(18-9-4-3-8-16(18)20-17)19(23)10-7-13-26(24,25)21-11-5-6-12-21/h3-4,8-9,15,17,20H,5-7,10-14H2,1-2H3. The largest absolute Gasteiger partial charge is 0.379 e. The maximum atomic E-state index is 12.8. The van der Waals surface area contributed by atoms with Gasteiger partial charge in [0.25, 0.3) is 0 Å². The predicted octanol–water partition coefficient (Wildman–Crippen LogP) is 2.68. The smallest absolute Gasteiger partial charge is 0.227 e. The van der Waals surface area contributed by atoms with Crippen LogP contribution in [0.3, 0.4) is 0 Å². The van der Waals surface area contributed by atoms with Gasteiger partial charge in [-0.3, -0.25) is 4.79 Å². The number of anilines is 2. The molecule has 0 aromatic heterocycles. The molecular weight excluding hydrogens is 350 g/mol. The summed E-state index contributed by atoms with van der Waals surface area (Å²) in [5.41, 5.74) is 1.85. The third-order valence-corrected chi connectivity index (χ3v) is 7.23. The second kappa shape index (κ2) is 7.96. The highest BCUT2D eigenvalue weighted by molar-refractivity contribution is 7.89. The molecule has 3 rings (SSSR count). The SMILES string of the molecule is CC(C)C1CN(C(=O)CCCS(=O)(=O)N2CCCC2)c2ccccc2N1. The van der Waals surface area contributed by atoms with Crippen molar-refractivity contribution in [1.29, 1.82) is 0 Å². The third-order valence-electron chi connectivity index (χ3n) is 5.27. The molecule has 7 heteroatoms. The van der Waals surface area contributed by atoms with Crippen LogP contribution in [0.25, 0.3) is 0 Å². The van der Waals surface area contributed by atoms with Crippen LogP contribution < -0.4 is 10.2 Å². The number of carbonyl (C=O) groups is 1. The molecule has 0 radical (unpaired) electrons. The van der Waals surface area contributed by atoms with Gasteiger partial charge < -0.3 is 10.2 Å². The number of sulfonamides is 1. The Morgan fingerprint density at radius 3 is 2.62 bits per heavy atom. The number of benzene rings is 1. The van der Waals surface area contributed by atoms with Gasteiger partial charge >= 0.3 is 0 Å². The summed E-state index contributed by atoms with van der Waals surface area (Å²) in [6, 6.07) is 8.01. The Hall–Kier alpha value is -1.60. The number of hydrogen-bond acceptors (Lipinski definition) is 4. The molecule has 1 atom stereocenters. The van der Waals surface area contributed by atoms with Crippen molar-refractivity contribution in [3.8, 4) is 0 Å². The Morgan fingerprint density at radius 1 is 1.23 bits per heavy atom. The maximum Gasteiger partial charge on any atom is 0.227 e. The maximum absolute atomic E-state index is 12.8. The van der Waals surface area contributed by atoms with Gasteiger partial charge in [0, 0.05) is 32.1 Å². The van der Waals surface area contributed by atoms with Crippen LogP contribution in [0.5, 0.6) is 0 Å². The number of para-hydroxylation sites is 2. The molecule has 1 fully saturated rings. The molecule has 0 saturated carbocycles. The van der Waals surface area contributed by atoms with Crippen LogP contribution in [0, 0.1) is 5.92 Å². The number of fused-ring (bicyclic) bond motifs is 1. The van der Waals surface area contributed by atoms with E-state index >= 15 is 0 Å². The summed E-state index contributed by atoms with van der Waals surface area (Å²) in [6.45, 7) is 6.13. The molecule has 1 amide bonds.